The summed E-state index contributed by atoms with van der Waals surface area (Å²) in [6.45, 7) is 3.09. The molecule has 1 aliphatic heterocycles. The molecule has 0 bridgehead atoms. The Kier molecular flexibility index (Phi) is 4.29. The van der Waals surface area contributed by atoms with Gasteiger partial charge in [0.05, 0.1) is 0 Å². The van der Waals surface area contributed by atoms with Crippen molar-refractivity contribution >= 4 is 17.4 Å². The lowest BCUT2D eigenvalue weighted by Gasteiger charge is -2.18. The molecule has 1 aromatic carbocycles. The molecule has 24 heavy (non-hydrogen) atoms. The second kappa shape index (κ2) is 6.57. The van der Waals surface area contributed by atoms with Gasteiger partial charge in [-0.2, -0.15) is 11.3 Å². The second-order valence-corrected chi connectivity index (χ2v) is 7.45. The van der Waals surface area contributed by atoms with Crippen LogP contribution in [0.4, 0.5) is 4.79 Å². The predicted molar refractivity (Wildman–Crippen MR) is 95.1 cm³/mol. The van der Waals surface area contributed by atoms with Crippen LogP contribution in [0.25, 0.3) is 0 Å². The summed E-state index contributed by atoms with van der Waals surface area (Å²) in [6, 6.07) is 12.0. The van der Waals surface area contributed by atoms with E-state index in [0.29, 0.717) is 25.0 Å². The van der Waals surface area contributed by atoms with Crippen molar-refractivity contribution in [3.05, 3.63) is 58.3 Å². The molecular weight excluding hydrogens is 320 g/mol. The smallest absolute Gasteiger partial charge is 0.407 e. The van der Waals surface area contributed by atoms with E-state index in [1.54, 1.807) is 11.3 Å². The van der Waals surface area contributed by atoms with Crippen LogP contribution >= 0.6 is 11.3 Å². The number of fused-ring (bicyclic) bond motifs is 1. The Morgan fingerprint density at radius 2 is 2.17 bits per heavy atom. The van der Waals surface area contributed by atoms with Crippen LogP contribution in [0.2, 0.25) is 0 Å². The van der Waals surface area contributed by atoms with Crippen LogP contribution in [0.1, 0.15) is 17.5 Å². The molecule has 126 valence electrons. The number of hydrogen-bond acceptors (Lipinski definition) is 4. The van der Waals surface area contributed by atoms with Gasteiger partial charge in [-0.1, -0.05) is 30.3 Å². The third-order valence-corrected chi connectivity index (χ3v) is 6.18. The maximum absolute atomic E-state index is 12.1. The van der Waals surface area contributed by atoms with Gasteiger partial charge in [0, 0.05) is 12.0 Å². The maximum Gasteiger partial charge on any atom is 0.407 e. The number of carbonyl (C=O) groups excluding carboxylic acids is 1. The van der Waals surface area contributed by atoms with Crippen LogP contribution in [0.3, 0.4) is 0 Å². The van der Waals surface area contributed by atoms with Crippen LogP contribution in [-0.4, -0.2) is 25.7 Å². The topological polar surface area (TPSA) is 50.4 Å². The highest BCUT2D eigenvalue weighted by atomic mass is 32.1. The van der Waals surface area contributed by atoms with E-state index in [1.165, 1.54) is 12.0 Å². The van der Waals surface area contributed by atoms with Gasteiger partial charge in [-0.3, -0.25) is 0 Å². The number of hydrogen-bond donors (Lipinski definition) is 2. The number of ether oxygens (including phenoxy) is 1. The Morgan fingerprint density at radius 1 is 1.29 bits per heavy atom. The molecule has 0 spiro atoms. The number of carbonyl (C=O) groups is 1. The largest absolute Gasteiger partial charge is 0.445 e. The average Bonchev–Trinajstić information content (AvgIpc) is 2.98. The highest BCUT2D eigenvalue weighted by Crippen LogP contribution is 2.62. The molecule has 2 fully saturated rings. The molecule has 3 atom stereocenters. The molecule has 1 aromatic heterocycles. The molecule has 2 heterocycles. The molecule has 2 aromatic rings. The molecule has 4 rings (SSSR count). The van der Waals surface area contributed by atoms with E-state index in [4.69, 9.17) is 4.74 Å². The first-order valence-electron chi connectivity index (χ1n) is 8.48. The van der Waals surface area contributed by atoms with E-state index >= 15 is 0 Å². The van der Waals surface area contributed by atoms with Crippen molar-refractivity contribution in [2.24, 2.45) is 11.8 Å². The quantitative estimate of drug-likeness (QED) is 0.878. The van der Waals surface area contributed by atoms with Gasteiger partial charge in [0.15, 0.2) is 0 Å². The van der Waals surface area contributed by atoms with E-state index in [2.05, 4.69) is 27.5 Å². The average molecular weight is 342 g/mol. The molecule has 1 saturated heterocycles. The number of alkyl carbamates (subject to hydrolysis) is 1. The fourth-order valence-electron chi connectivity index (χ4n) is 4.22. The molecule has 4 nitrogen and oxygen atoms in total. The number of amides is 1. The van der Waals surface area contributed by atoms with Crippen LogP contribution in [0.5, 0.6) is 0 Å². The van der Waals surface area contributed by atoms with E-state index in [9.17, 15) is 4.79 Å². The summed E-state index contributed by atoms with van der Waals surface area (Å²) in [5.74, 6) is 1.29. The summed E-state index contributed by atoms with van der Waals surface area (Å²) >= 11 is 1.73. The van der Waals surface area contributed by atoms with E-state index in [1.807, 2.05) is 30.3 Å². The number of benzene rings is 1. The zero-order valence-electron chi connectivity index (χ0n) is 13.5. The predicted octanol–water partition coefficient (Wildman–Crippen LogP) is 3.15. The Labute approximate surface area is 146 Å². The van der Waals surface area contributed by atoms with Crippen molar-refractivity contribution in [3.8, 4) is 0 Å². The third-order valence-electron chi connectivity index (χ3n) is 5.49. The van der Waals surface area contributed by atoms with Gasteiger partial charge in [-0.15, -0.1) is 0 Å². The van der Waals surface area contributed by atoms with Gasteiger partial charge < -0.3 is 15.4 Å². The molecule has 1 aliphatic carbocycles. The third kappa shape index (κ3) is 2.82. The van der Waals surface area contributed by atoms with Crippen LogP contribution in [-0.2, 0) is 16.8 Å². The zero-order valence-corrected chi connectivity index (χ0v) is 14.4. The van der Waals surface area contributed by atoms with E-state index in [0.717, 1.165) is 18.7 Å². The van der Waals surface area contributed by atoms with Gasteiger partial charge in [-0.25, -0.2) is 4.79 Å². The standard InChI is InChI=1S/C19H22N2O2S/c22-18(23-11-14-4-2-1-3-5-14)21-13-19(15-7-9-24-12-15)16-6-8-20-10-17(16)19/h1-5,7,9,12,16-17,20H,6,8,10-11,13H2,(H,21,22). The second-order valence-electron chi connectivity index (χ2n) is 6.67. The van der Waals surface area contributed by atoms with Gasteiger partial charge >= 0.3 is 6.09 Å². The van der Waals surface area contributed by atoms with E-state index < -0.39 is 0 Å². The molecule has 3 unspecified atom stereocenters. The molecule has 0 radical (unpaired) electrons. The molecule has 1 saturated carbocycles. The maximum atomic E-state index is 12.1. The first-order chi connectivity index (χ1) is 11.8. The van der Waals surface area contributed by atoms with Crippen molar-refractivity contribution in [2.75, 3.05) is 19.6 Å². The Hall–Kier alpha value is -1.85. The molecule has 5 heteroatoms. The molecular formula is C19H22N2O2S. The van der Waals surface area contributed by atoms with Crippen LogP contribution in [0.15, 0.2) is 47.2 Å². The number of rotatable bonds is 5. The summed E-state index contributed by atoms with van der Waals surface area (Å²) in [5.41, 5.74) is 2.47. The van der Waals surface area contributed by atoms with Crippen molar-refractivity contribution in [3.63, 3.8) is 0 Å². The van der Waals surface area contributed by atoms with Crippen molar-refractivity contribution in [1.82, 2.24) is 10.6 Å². The minimum absolute atomic E-state index is 0.0925. The van der Waals surface area contributed by atoms with Crippen molar-refractivity contribution in [1.29, 1.82) is 0 Å². The lowest BCUT2D eigenvalue weighted by atomic mass is 9.93. The SMILES string of the molecule is O=C(NCC1(c2ccsc2)C2CCNCC21)OCc1ccccc1. The fourth-order valence-corrected chi connectivity index (χ4v) is 4.97. The van der Waals surface area contributed by atoms with E-state index in [-0.39, 0.29) is 11.5 Å². The number of thiophene rings is 1. The summed E-state index contributed by atoms with van der Waals surface area (Å²) < 4.78 is 5.36. The minimum atomic E-state index is -0.329. The highest BCUT2D eigenvalue weighted by molar-refractivity contribution is 7.08. The summed E-state index contributed by atoms with van der Waals surface area (Å²) in [5, 5.41) is 10.9. The number of nitrogens with one attached hydrogen (secondary N) is 2. The Morgan fingerprint density at radius 3 is 2.88 bits per heavy atom. The Bertz CT molecular complexity index is 675. The molecule has 2 aliphatic rings. The monoisotopic (exact) mass is 342 g/mol. The van der Waals surface area contributed by atoms with Gasteiger partial charge in [0.25, 0.3) is 0 Å². The van der Waals surface area contributed by atoms with Crippen LogP contribution < -0.4 is 10.6 Å². The van der Waals surface area contributed by atoms with Crippen molar-refractivity contribution < 1.29 is 9.53 Å². The van der Waals surface area contributed by atoms with Gasteiger partial charge in [0.1, 0.15) is 6.61 Å². The normalized spacial score (nSPS) is 28.0. The summed E-state index contributed by atoms with van der Waals surface area (Å²) in [6.07, 6.45) is 0.853. The fraction of sp³-hybridized carbons (Fsp3) is 0.421. The summed E-state index contributed by atoms with van der Waals surface area (Å²) in [4.78, 5) is 12.1. The van der Waals surface area contributed by atoms with Crippen molar-refractivity contribution in [2.45, 2.75) is 18.4 Å². The minimum Gasteiger partial charge on any atom is -0.445 e. The zero-order chi connectivity index (χ0) is 16.4. The lowest BCUT2D eigenvalue weighted by molar-refractivity contribution is 0.138. The first-order valence-corrected chi connectivity index (χ1v) is 9.43. The van der Waals surface area contributed by atoms with Gasteiger partial charge in [-0.05, 0) is 59.3 Å². The van der Waals surface area contributed by atoms with Crippen LogP contribution in [0, 0.1) is 11.8 Å². The Balaban J connectivity index is 1.37. The lowest BCUT2D eigenvalue weighted by Crippen LogP contribution is -2.34. The summed E-state index contributed by atoms with van der Waals surface area (Å²) in [7, 11) is 0. The first kappa shape index (κ1) is 15.7. The molecule has 1 amide bonds. The van der Waals surface area contributed by atoms with Gasteiger partial charge in [0.2, 0.25) is 0 Å². The molecule has 2 N–H and O–H groups in total. The highest BCUT2D eigenvalue weighted by Gasteiger charge is 2.65. The number of piperidine rings is 1.